The van der Waals surface area contributed by atoms with Crippen LogP contribution in [0.5, 0.6) is 0 Å². The van der Waals surface area contributed by atoms with Gasteiger partial charge in [-0.25, -0.2) is 0 Å². The van der Waals surface area contributed by atoms with Gasteiger partial charge in [0.1, 0.15) is 0 Å². The Morgan fingerprint density at radius 1 is 1.00 bits per heavy atom. The highest BCUT2D eigenvalue weighted by molar-refractivity contribution is 4.99. The Morgan fingerprint density at radius 3 is 2.65 bits per heavy atom. The summed E-state index contributed by atoms with van der Waals surface area (Å²) in [5, 5.41) is 0. The minimum absolute atomic E-state index is 0.261. The first-order chi connectivity index (χ1) is 11.4. The smallest absolute Gasteiger partial charge is 0.0677 e. The summed E-state index contributed by atoms with van der Waals surface area (Å²) in [5.41, 5.74) is 0.261. The summed E-state index contributed by atoms with van der Waals surface area (Å²) in [6.07, 6.45) is 10.7. The van der Waals surface area contributed by atoms with Gasteiger partial charge in [-0.3, -0.25) is 4.90 Å². The van der Waals surface area contributed by atoms with E-state index in [1.807, 2.05) is 0 Å². The number of ether oxygens (including phenoxy) is 3. The second-order valence-corrected chi connectivity index (χ2v) is 8.24. The van der Waals surface area contributed by atoms with Crippen molar-refractivity contribution in [3.63, 3.8) is 0 Å². The molecule has 0 aromatic rings. The van der Waals surface area contributed by atoms with Crippen LogP contribution in [0.25, 0.3) is 0 Å². The summed E-state index contributed by atoms with van der Waals surface area (Å²) in [6.45, 7) is 7.04. The topological polar surface area (TPSA) is 30.9 Å². The highest BCUT2D eigenvalue weighted by Gasteiger charge is 2.47. The second-order valence-electron chi connectivity index (χ2n) is 8.24. The first-order valence-electron chi connectivity index (χ1n) is 9.87. The van der Waals surface area contributed by atoms with Crippen LogP contribution in [0.3, 0.4) is 0 Å². The standard InChI is InChI=1S/C19H33NO3/c1-3-17(4-1)20-9-5-18-19(14-20,8-2-10-23-18)15-22-13-16-6-11-21-12-7-16/h16-18H,1-15H2/t18-,19+/m0/s1. The SMILES string of the molecule is C1CC(N2CC[C@@H]3OCCC[C@]3(COCC3CCOCC3)C2)C1. The largest absolute Gasteiger partial charge is 0.381 e. The van der Waals surface area contributed by atoms with Crippen molar-refractivity contribution in [1.82, 2.24) is 4.90 Å². The Morgan fingerprint density at radius 2 is 1.87 bits per heavy atom. The fourth-order valence-corrected chi connectivity index (χ4v) is 4.94. The Kier molecular flexibility index (Phi) is 5.24. The lowest BCUT2D eigenvalue weighted by molar-refractivity contribution is -0.164. The zero-order valence-corrected chi connectivity index (χ0v) is 14.5. The third-order valence-corrected chi connectivity index (χ3v) is 6.69. The molecule has 0 bridgehead atoms. The van der Waals surface area contributed by atoms with Crippen molar-refractivity contribution >= 4 is 0 Å². The predicted molar refractivity (Wildman–Crippen MR) is 89.6 cm³/mol. The number of hydrogen-bond donors (Lipinski definition) is 0. The molecule has 0 aromatic carbocycles. The van der Waals surface area contributed by atoms with Gasteiger partial charge >= 0.3 is 0 Å². The van der Waals surface area contributed by atoms with E-state index in [1.54, 1.807) is 0 Å². The lowest BCUT2D eigenvalue weighted by Gasteiger charge is -2.53. The van der Waals surface area contributed by atoms with Crippen molar-refractivity contribution in [2.75, 3.05) is 46.1 Å². The fourth-order valence-electron chi connectivity index (χ4n) is 4.94. The highest BCUT2D eigenvalue weighted by atomic mass is 16.5. The van der Waals surface area contributed by atoms with Crippen molar-refractivity contribution in [3.05, 3.63) is 0 Å². The van der Waals surface area contributed by atoms with Crippen LogP contribution in [0.15, 0.2) is 0 Å². The Bertz CT molecular complexity index is 381. The molecule has 1 aliphatic carbocycles. The molecule has 4 aliphatic rings. The zero-order valence-electron chi connectivity index (χ0n) is 14.5. The second kappa shape index (κ2) is 7.38. The van der Waals surface area contributed by atoms with E-state index in [9.17, 15) is 0 Å². The van der Waals surface area contributed by atoms with Crippen molar-refractivity contribution in [2.24, 2.45) is 11.3 Å². The van der Waals surface area contributed by atoms with Gasteiger partial charge in [-0.05, 0) is 50.9 Å². The number of piperidine rings is 1. The summed E-state index contributed by atoms with van der Waals surface area (Å²) in [4.78, 5) is 2.76. The van der Waals surface area contributed by atoms with E-state index in [1.165, 1.54) is 64.5 Å². The molecule has 4 fully saturated rings. The molecule has 4 heteroatoms. The minimum Gasteiger partial charge on any atom is -0.381 e. The zero-order chi connectivity index (χ0) is 15.5. The van der Waals surface area contributed by atoms with E-state index in [0.717, 1.165) is 39.1 Å². The van der Waals surface area contributed by atoms with Crippen molar-refractivity contribution in [2.45, 2.75) is 63.5 Å². The van der Waals surface area contributed by atoms with E-state index < -0.39 is 0 Å². The summed E-state index contributed by atoms with van der Waals surface area (Å²) in [7, 11) is 0. The Labute approximate surface area is 140 Å². The van der Waals surface area contributed by atoms with Crippen molar-refractivity contribution in [1.29, 1.82) is 0 Å². The summed E-state index contributed by atoms with van der Waals surface area (Å²) < 4.78 is 17.9. The Balaban J connectivity index is 1.34. The molecule has 0 aromatic heterocycles. The number of likely N-dealkylation sites (tertiary alicyclic amines) is 1. The quantitative estimate of drug-likeness (QED) is 0.778. The predicted octanol–water partition coefficient (Wildman–Crippen LogP) is 2.85. The van der Waals surface area contributed by atoms with Gasteiger partial charge in [-0.15, -0.1) is 0 Å². The molecule has 4 nitrogen and oxygen atoms in total. The number of nitrogens with zero attached hydrogens (tertiary/aromatic N) is 1. The molecule has 3 aliphatic heterocycles. The first-order valence-corrected chi connectivity index (χ1v) is 9.87. The normalized spacial score (nSPS) is 37.3. The van der Waals surface area contributed by atoms with Crippen LogP contribution in [-0.2, 0) is 14.2 Å². The van der Waals surface area contributed by atoms with Gasteiger partial charge in [-0.2, -0.15) is 0 Å². The molecule has 23 heavy (non-hydrogen) atoms. The molecule has 4 rings (SSSR count). The monoisotopic (exact) mass is 323 g/mol. The minimum atomic E-state index is 0.261. The van der Waals surface area contributed by atoms with Gasteiger partial charge in [0.15, 0.2) is 0 Å². The van der Waals surface area contributed by atoms with Crippen molar-refractivity contribution < 1.29 is 14.2 Å². The highest BCUT2D eigenvalue weighted by Crippen LogP contribution is 2.42. The number of rotatable bonds is 5. The van der Waals surface area contributed by atoms with Crippen LogP contribution in [0.4, 0.5) is 0 Å². The molecule has 0 spiro atoms. The average molecular weight is 323 g/mol. The van der Waals surface area contributed by atoms with Crippen LogP contribution < -0.4 is 0 Å². The first kappa shape index (κ1) is 16.3. The summed E-state index contributed by atoms with van der Waals surface area (Å²) in [6, 6.07) is 0.852. The van der Waals surface area contributed by atoms with Gasteiger partial charge in [0.05, 0.1) is 12.7 Å². The van der Waals surface area contributed by atoms with E-state index in [0.29, 0.717) is 12.0 Å². The van der Waals surface area contributed by atoms with Gasteiger partial charge in [0, 0.05) is 51.0 Å². The van der Waals surface area contributed by atoms with E-state index >= 15 is 0 Å². The molecule has 3 saturated heterocycles. The lowest BCUT2D eigenvalue weighted by Crippen LogP contribution is -2.59. The van der Waals surface area contributed by atoms with Gasteiger partial charge in [0.25, 0.3) is 0 Å². The summed E-state index contributed by atoms with van der Waals surface area (Å²) in [5.74, 6) is 0.703. The molecule has 0 N–H and O–H groups in total. The summed E-state index contributed by atoms with van der Waals surface area (Å²) >= 11 is 0. The van der Waals surface area contributed by atoms with Gasteiger partial charge < -0.3 is 14.2 Å². The fraction of sp³-hybridized carbons (Fsp3) is 1.00. The molecular formula is C19H33NO3. The Hall–Kier alpha value is -0.160. The van der Waals surface area contributed by atoms with Crippen molar-refractivity contribution in [3.8, 4) is 0 Å². The van der Waals surface area contributed by atoms with E-state index in [2.05, 4.69) is 4.90 Å². The molecule has 0 unspecified atom stereocenters. The molecule has 2 atom stereocenters. The van der Waals surface area contributed by atoms with Crippen LogP contribution in [0.2, 0.25) is 0 Å². The third kappa shape index (κ3) is 3.60. The molecule has 3 heterocycles. The van der Waals surface area contributed by atoms with Gasteiger partial charge in [0.2, 0.25) is 0 Å². The van der Waals surface area contributed by atoms with Crippen LogP contribution >= 0.6 is 0 Å². The molecule has 0 radical (unpaired) electrons. The van der Waals surface area contributed by atoms with E-state index in [4.69, 9.17) is 14.2 Å². The van der Waals surface area contributed by atoms with Crippen LogP contribution in [0, 0.1) is 11.3 Å². The maximum absolute atomic E-state index is 6.29. The molecule has 1 saturated carbocycles. The third-order valence-electron chi connectivity index (χ3n) is 6.69. The molecular weight excluding hydrogens is 290 g/mol. The van der Waals surface area contributed by atoms with E-state index in [-0.39, 0.29) is 5.41 Å². The maximum Gasteiger partial charge on any atom is 0.0677 e. The van der Waals surface area contributed by atoms with Crippen LogP contribution in [0.1, 0.15) is 51.4 Å². The molecule has 0 amide bonds. The number of fused-ring (bicyclic) bond motifs is 1. The lowest BCUT2D eigenvalue weighted by atomic mass is 9.72. The maximum atomic E-state index is 6.29. The molecule has 132 valence electrons. The average Bonchev–Trinajstić information content (AvgIpc) is 2.54. The number of hydrogen-bond acceptors (Lipinski definition) is 4. The van der Waals surface area contributed by atoms with Gasteiger partial charge in [-0.1, -0.05) is 6.42 Å². The van der Waals surface area contributed by atoms with Crippen LogP contribution in [-0.4, -0.2) is 63.2 Å².